The maximum Gasteiger partial charge on any atom is 0.233 e. The van der Waals surface area contributed by atoms with Gasteiger partial charge in [0.05, 0.1) is 5.75 Å². The molecule has 20 heavy (non-hydrogen) atoms. The van der Waals surface area contributed by atoms with Crippen LogP contribution in [0.5, 0.6) is 0 Å². The number of piperidine rings is 1. The average Bonchev–Trinajstić information content (AvgIpc) is 2.35. The third kappa shape index (κ3) is 3.62. The van der Waals surface area contributed by atoms with Gasteiger partial charge in [-0.1, -0.05) is 11.8 Å². The van der Waals surface area contributed by atoms with Gasteiger partial charge in [-0.3, -0.25) is 4.79 Å². The van der Waals surface area contributed by atoms with E-state index >= 15 is 0 Å². The number of hydrogen-bond donors (Lipinski definition) is 1. The number of hydrogen-bond acceptors (Lipinski definition) is 5. The van der Waals surface area contributed by atoms with Crippen molar-refractivity contribution in [2.45, 2.75) is 57.3 Å². The van der Waals surface area contributed by atoms with E-state index in [4.69, 9.17) is 5.73 Å². The van der Waals surface area contributed by atoms with Gasteiger partial charge in [0.25, 0.3) is 0 Å². The van der Waals surface area contributed by atoms with E-state index in [-0.39, 0.29) is 5.91 Å². The Morgan fingerprint density at radius 1 is 1.40 bits per heavy atom. The first kappa shape index (κ1) is 15.1. The summed E-state index contributed by atoms with van der Waals surface area (Å²) in [6, 6.07) is 2.38. The lowest BCUT2D eigenvalue weighted by Gasteiger charge is -2.39. The molecular formula is C14H22N4OS. The summed E-state index contributed by atoms with van der Waals surface area (Å²) in [7, 11) is 0. The number of nitrogen functional groups attached to an aromatic ring is 1. The van der Waals surface area contributed by atoms with Gasteiger partial charge >= 0.3 is 0 Å². The highest BCUT2D eigenvalue weighted by atomic mass is 32.2. The number of carbonyl (C=O) groups excluding carboxylic acids is 1. The highest BCUT2D eigenvalue weighted by Crippen LogP contribution is 2.24. The Kier molecular flexibility index (Phi) is 4.86. The van der Waals surface area contributed by atoms with E-state index in [2.05, 4.69) is 23.8 Å². The van der Waals surface area contributed by atoms with Crippen molar-refractivity contribution in [1.82, 2.24) is 14.9 Å². The van der Waals surface area contributed by atoms with Crippen molar-refractivity contribution in [3.63, 3.8) is 0 Å². The van der Waals surface area contributed by atoms with Gasteiger partial charge in [-0.15, -0.1) is 0 Å². The first-order chi connectivity index (χ1) is 9.47. The minimum atomic E-state index is 0.165. The molecule has 110 valence electrons. The van der Waals surface area contributed by atoms with E-state index in [1.54, 1.807) is 6.07 Å². The molecule has 1 aliphatic heterocycles. The molecular weight excluding hydrogens is 272 g/mol. The minimum absolute atomic E-state index is 0.165. The summed E-state index contributed by atoms with van der Waals surface area (Å²) in [5.74, 6) is 0.989. The lowest BCUT2D eigenvalue weighted by Crippen LogP contribution is -2.48. The summed E-state index contributed by atoms with van der Waals surface area (Å²) < 4.78 is 0. The summed E-state index contributed by atoms with van der Waals surface area (Å²) in [6.45, 7) is 6.12. The second-order valence-electron chi connectivity index (χ2n) is 5.44. The van der Waals surface area contributed by atoms with E-state index in [0.29, 0.717) is 28.8 Å². The van der Waals surface area contributed by atoms with Crippen molar-refractivity contribution >= 4 is 23.5 Å². The van der Waals surface area contributed by atoms with Crippen LogP contribution in [0, 0.1) is 6.92 Å². The number of thioether (sulfide) groups is 1. The quantitative estimate of drug-likeness (QED) is 0.684. The van der Waals surface area contributed by atoms with Crippen LogP contribution in [0.4, 0.5) is 5.82 Å². The van der Waals surface area contributed by atoms with E-state index < -0.39 is 0 Å². The molecule has 5 nitrogen and oxygen atoms in total. The van der Waals surface area contributed by atoms with Crippen molar-refractivity contribution in [1.29, 1.82) is 0 Å². The van der Waals surface area contributed by atoms with Crippen molar-refractivity contribution in [3.8, 4) is 0 Å². The largest absolute Gasteiger partial charge is 0.384 e. The molecule has 0 radical (unpaired) electrons. The Morgan fingerprint density at radius 3 is 2.65 bits per heavy atom. The Morgan fingerprint density at radius 2 is 2.05 bits per heavy atom. The fourth-order valence-electron chi connectivity index (χ4n) is 2.74. The van der Waals surface area contributed by atoms with Gasteiger partial charge in [-0.25, -0.2) is 9.97 Å². The average molecular weight is 294 g/mol. The van der Waals surface area contributed by atoms with E-state index in [1.165, 1.54) is 18.2 Å². The zero-order valence-electron chi connectivity index (χ0n) is 12.3. The summed E-state index contributed by atoms with van der Waals surface area (Å²) >= 11 is 1.36. The van der Waals surface area contributed by atoms with Gasteiger partial charge < -0.3 is 10.6 Å². The summed E-state index contributed by atoms with van der Waals surface area (Å²) in [4.78, 5) is 22.8. The molecule has 1 amide bonds. The summed E-state index contributed by atoms with van der Waals surface area (Å²) in [5, 5.41) is 0.577. The van der Waals surface area contributed by atoms with Gasteiger partial charge in [0, 0.05) is 23.8 Å². The first-order valence-electron chi connectivity index (χ1n) is 7.02. The number of rotatable bonds is 3. The molecule has 1 aromatic rings. The molecule has 0 bridgehead atoms. The number of aromatic nitrogens is 2. The third-order valence-corrected chi connectivity index (χ3v) is 4.49. The SMILES string of the molecule is Cc1cc(N)nc(SCC(=O)N2[C@H](C)CCC[C@@H]2C)n1. The number of likely N-dealkylation sites (tertiary alicyclic amines) is 1. The molecule has 2 rings (SSSR count). The van der Waals surface area contributed by atoms with Crippen LogP contribution in [-0.2, 0) is 4.79 Å². The van der Waals surface area contributed by atoms with Gasteiger partial charge in [0.15, 0.2) is 5.16 Å². The van der Waals surface area contributed by atoms with Crippen LogP contribution in [0.1, 0.15) is 38.8 Å². The van der Waals surface area contributed by atoms with E-state index in [9.17, 15) is 4.79 Å². The Hall–Kier alpha value is -1.30. The number of nitrogens with zero attached hydrogens (tertiary/aromatic N) is 3. The number of amides is 1. The van der Waals surface area contributed by atoms with Crippen LogP contribution >= 0.6 is 11.8 Å². The molecule has 2 N–H and O–H groups in total. The lowest BCUT2D eigenvalue weighted by atomic mass is 9.98. The highest BCUT2D eigenvalue weighted by molar-refractivity contribution is 7.99. The normalized spacial score (nSPS) is 22.9. The van der Waals surface area contributed by atoms with Gasteiger partial charge in [0.1, 0.15) is 5.82 Å². The molecule has 1 saturated heterocycles. The molecule has 0 spiro atoms. The maximum atomic E-state index is 12.4. The Balaban J connectivity index is 1.97. The molecule has 1 fully saturated rings. The van der Waals surface area contributed by atoms with Crippen LogP contribution in [-0.4, -0.2) is 38.6 Å². The Bertz CT molecular complexity index is 464. The van der Waals surface area contributed by atoms with Crippen molar-refractivity contribution in [3.05, 3.63) is 11.8 Å². The molecule has 6 heteroatoms. The lowest BCUT2D eigenvalue weighted by molar-refractivity contribution is -0.134. The molecule has 2 heterocycles. The second-order valence-corrected chi connectivity index (χ2v) is 6.38. The fourth-order valence-corrected chi connectivity index (χ4v) is 3.52. The van der Waals surface area contributed by atoms with Crippen LogP contribution < -0.4 is 5.73 Å². The first-order valence-corrected chi connectivity index (χ1v) is 8.01. The second kappa shape index (κ2) is 6.43. The Labute approximate surface area is 124 Å². The van der Waals surface area contributed by atoms with Crippen LogP contribution in [0.2, 0.25) is 0 Å². The molecule has 1 aliphatic rings. The number of nitrogens with two attached hydrogens (primary N) is 1. The predicted molar refractivity (Wildman–Crippen MR) is 81.5 cm³/mol. The van der Waals surface area contributed by atoms with Gasteiger partial charge in [-0.05, 0) is 40.0 Å². The van der Waals surface area contributed by atoms with Crippen LogP contribution in [0.3, 0.4) is 0 Å². The smallest absolute Gasteiger partial charge is 0.233 e. The molecule has 0 aromatic carbocycles. The summed E-state index contributed by atoms with van der Waals surface area (Å²) in [5.41, 5.74) is 6.52. The fraction of sp³-hybridized carbons (Fsp3) is 0.643. The van der Waals surface area contributed by atoms with Gasteiger partial charge in [-0.2, -0.15) is 0 Å². The van der Waals surface area contributed by atoms with Crippen LogP contribution in [0.25, 0.3) is 0 Å². The minimum Gasteiger partial charge on any atom is -0.384 e. The van der Waals surface area contributed by atoms with Crippen molar-refractivity contribution in [2.75, 3.05) is 11.5 Å². The van der Waals surface area contributed by atoms with E-state index in [1.807, 2.05) is 11.8 Å². The standard InChI is InChI=1S/C14H22N4OS/c1-9-7-12(15)17-14(16-9)20-8-13(19)18-10(2)5-4-6-11(18)3/h7,10-11H,4-6,8H2,1-3H3,(H2,15,16,17)/t10-,11+. The third-order valence-electron chi connectivity index (χ3n) is 3.66. The zero-order valence-corrected chi connectivity index (χ0v) is 13.1. The van der Waals surface area contributed by atoms with Crippen LogP contribution in [0.15, 0.2) is 11.2 Å². The monoisotopic (exact) mass is 294 g/mol. The molecule has 1 aromatic heterocycles. The highest BCUT2D eigenvalue weighted by Gasteiger charge is 2.28. The summed E-state index contributed by atoms with van der Waals surface area (Å²) in [6.07, 6.45) is 3.39. The predicted octanol–water partition coefficient (Wildman–Crippen LogP) is 2.25. The number of carbonyl (C=O) groups is 1. The van der Waals surface area contributed by atoms with Crippen molar-refractivity contribution in [2.24, 2.45) is 0 Å². The topological polar surface area (TPSA) is 72.1 Å². The van der Waals surface area contributed by atoms with Crippen molar-refractivity contribution < 1.29 is 4.79 Å². The maximum absolute atomic E-state index is 12.4. The zero-order chi connectivity index (χ0) is 14.7. The molecule has 2 atom stereocenters. The number of aryl methyl sites for hydroxylation is 1. The van der Waals surface area contributed by atoms with Gasteiger partial charge in [0.2, 0.25) is 5.91 Å². The van der Waals surface area contributed by atoms with E-state index in [0.717, 1.165) is 18.5 Å². The molecule has 0 saturated carbocycles. The molecule has 0 aliphatic carbocycles. The molecule has 0 unspecified atom stereocenters. The number of anilines is 1.